The number of hydrogen-bond acceptors (Lipinski definition) is 4. The third-order valence-electron chi connectivity index (χ3n) is 5.23. The van der Waals surface area contributed by atoms with Gasteiger partial charge >= 0.3 is 0 Å². The summed E-state index contributed by atoms with van der Waals surface area (Å²) in [5.74, 6) is -0.00254. The van der Waals surface area contributed by atoms with Gasteiger partial charge in [0, 0.05) is 19.0 Å². The van der Waals surface area contributed by atoms with Crippen LogP contribution >= 0.6 is 0 Å². The number of carbonyl (C=O) groups excluding carboxylic acids is 1. The number of H-pyrrole nitrogens is 1. The molecule has 158 valence electrons. The number of benzene rings is 2. The van der Waals surface area contributed by atoms with E-state index in [1.54, 1.807) is 6.07 Å². The maximum atomic E-state index is 12.4. The molecule has 0 aliphatic heterocycles. The smallest absolute Gasteiger partial charge is 0.276 e. The van der Waals surface area contributed by atoms with Crippen LogP contribution in [-0.2, 0) is 13.2 Å². The van der Waals surface area contributed by atoms with E-state index in [1.165, 1.54) is 12.6 Å². The molecule has 30 heavy (non-hydrogen) atoms. The molecule has 0 atom stereocenters. The van der Waals surface area contributed by atoms with Crippen molar-refractivity contribution in [2.75, 3.05) is 20.1 Å². The van der Waals surface area contributed by atoms with Gasteiger partial charge in [-0.1, -0.05) is 50.2 Å². The van der Waals surface area contributed by atoms with Crippen molar-refractivity contribution >= 4 is 22.8 Å². The first kappa shape index (κ1) is 21.4. The number of hydrogen-bond donors (Lipinski definition) is 3. The molecule has 0 spiro atoms. The van der Waals surface area contributed by atoms with Gasteiger partial charge in [-0.15, -0.1) is 0 Å². The topological polar surface area (TPSA) is 98.4 Å². The second kappa shape index (κ2) is 9.45. The Morgan fingerprint density at radius 3 is 2.40 bits per heavy atom. The Morgan fingerprint density at radius 2 is 1.77 bits per heavy atom. The molecule has 4 N–H and O–H groups in total. The minimum absolute atomic E-state index is 0.306. The highest BCUT2D eigenvalue weighted by Gasteiger charge is 2.17. The lowest BCUT2D eigenvalue weighted by atomic mass is 10.1. The van der Waals surface area contributed by atoms with Gasteiger partial charge in [-0.2, -0.15) is 0 Å². The van der Waals surface area contributed by atoms with Crippen LogP contribution in [0.4, 0.5) is 0 Å². The molecule has 0 radical (unpaired) electrons. The van der Waals surface area contributed by atoms with E-state index in [-0.39, 0.29) is 11.9 Å². The largest absolute Gasteiger partial charge is 0.487 e. The summed E-state index contributed by atoms with van der Waals surface area (Å²) in [7, 11) is 1.47. The number of amides is 1. The highest BCUT2D eigenvalue weighted by molar-refractivity contribution is 6.06. The molecular weight excluding hydrogens is 378 g/mol. The number of rotatable bonds is 8. The van der Waals surface area contributed by atoms with E-state index in [2.05, 4.69) is 48.0 Å². The zero-order chi connectivity index (χ0) is 21.7. The lowest BCUT2D eigenvalue weighted by Crippen LogP contribution is -2.38. The van der Waals surface area contributed by atoms with E-state index in [1.807, 2.05) is 18.2 Å². The fourth-order valence-corrected chi connectivity index (χ4v) is 3.26. The normalized spacial score (nSPS) is 11.1. The Kier molecular flexibility index (Phi) is 6.74. The second-order valence-corrected chi connectivity index (χ2v) is 7.22. The van der Waals surface area contributed by atoms with E-state index in [9.17, 15) is 4.79 Å². The number of fused-ring (bicyclic) bond motifs is 1. The van der Waals surface area contributed by atoms with Crippen molar-refractivity contribution in [1.29, 1.82) is 5.41 Å². The first-order valence-electron chi connectivity index (χ1n) is 10.1. The molecule has 0 bridgehead atoms. The number of aromatic amines is 1. The Bertz CT molecular complexity index is 1020. The molecule has 3 rings (SSSR count). The van der Waals surface area contributed by atoms with Gasteiger partial charge in [-0.25, -0.2) is 0 Å². The number of guanidine groups is 1. The number of nitrogens with one attached hydrogen (secondary N) is 2. The molecule has 1 heterocycles. The van der Waals surface area contributed by atoms with Crippen LogP contribution in [0.1, 0.15) is 35.5 Å². The predicted octanol–water partition coefficient (Wildman–Crippen LogP) is 3.55. The monoisotopic (exact) mass is 407 g/mol. The van der Waals surface area contributed by atoms with Gasteiger partial charge in [0.25, 0.3) is 5.91 Å². The minimum Gasteiger partial charge on any atom is -0.487 e. The van der Waals surface area contributed by atoms with Gasteiger partial charge in [0.2, 0.25) is 0 Å². The standard InChI is InChI=1S/C23H29N5O2/c1-4-28(5-2)14-16-9-11-17(12-10-16)15-30-20-8-6-7-18-13-19(26-21(18)20)22(29)27(3)23(24)25/h6-13,26H,4-5,14-15H2,1-3H3,(H3,24,25). The van der Waals surface area contributed by atoms with Gasteiger partial charge in [0.1, 0.15) is 18.1 Å². The molecule has 0 saturated heterocycles. The molecule has 3 aromatic rings. The first-order chi connectivity index (χ1) is 14.4. The maximum Gasteiger partial charge on any atom is 0.276 e. The number of aromatic nitrogens is 1. The van der Waals surface area contributed by atoms with Gasteiger partial charge in [0.05, 0.1) is 5.52 Å². The molecule has 0 saturated carbocycles. The van der Waals surface area contributed by atoms with E-state index in [4.69, 9.17) is 15.9 Å². The van der Waals surface area contributed by atoms with E-state index in [0.717, 1.165) is 41.0 Å². The average molecular weight is 408 g/mol. The lowest BCUT2D eigenvalue weighted by molar-refractivity contribution is 0.0864. The number of nitrogens with zero attached hydrogens (tertiary/aromatic N) is 2. The van der Waals surface area contributed by atoms with E-state index in [0.29, 0.717) is 18.1 Å². The molecule has 0 unspecified atom stereocenters. The van der Waals surface area contributed by atoms with Crippen molar-refractivity contribution in [2.45, 2.75) is 27.0 Å². The van der Waals surface area contributed by atoms with Crippen molar-refractivity contribution < 1.29 is 9.53 Å². The summed E-state index contributed by atoms with van der Waals surface area (Å²) >= 11 is 0. The average Bonchev–Trinajstić information content (AvgIpc) is 3.20. The second-order valence-electron chi connectivity index (χ2n) is 7.22. The third kappa shape index (κ3) is 4.80. The zero-order valence-corrected chi connectivity index (χ0v) is 17.7. The summed E-state index contributed by atoms with van der Waals surface area (Å²) in [4.78, 5) is 19.0. The van der Waals surface area contributed by atoms with Gasteiger partial charge in [0.15, 0.2) is 5.96 Å². The van der Waals surface area contributed by atoms with Crippen LogP contribution in [0, 0.1) is 5.41 Å². The highest BCUT2D eigenvalue weighted by Crippen LogP contribution is 2.27. The molecule has 0 fully saturated rings. The Labute approximate surface area is 176 Å². The molecule has 1 amide bonds. The van der Waals surface area contributed by atoms with Crippen LogP contribution in [0.2, 0.25) is 0 Å². The summed E-state index contributed by atoms with van der Waals surface area (Å²) in [6, 6.07) is 15.9. The van der Waals surface area contributed by atoms with Crippen molar-refractivity contribution in [2.24, 2.45) is 5.73 Å². The number of nitrogens with two attached hydrogens (primary N) is 1. The zero-order valence-electron chi connectivity index (χ0n) is 17.7. The number of ether oxygens (including phenoxy) is 1. The fraction of sp³-hybridized carbons (Fsp3) is 0.304. The van der Waals surface area contributed by atoms with Crippen molar-refractivity contribution in [3.05, 3.63) is 65.4 Å². The van der Waals surface area contributed by atoms with Gasteiger partial charge < -0.3 is 15.5 Å². The van der Waals surface area contributed by atoms with E-state index >= 15 is 0 Å². The first-order valence-corrected chi connectivity index (χ1v) is 10.1. The van der Waals surface area contributed by atoms with Crippen LogP contribution in [0.25, 0.3) is 10.9 Å². The maximum absolute atomic E-state index is 12.4. The quantitative estimate of drug-likeness (QED) is 0.393. The summed E-state index contributed by atoms with van der Waals surface area (Å²) in [6.07, 6.45) is 0. The van der Waals surface area contributed by atoms with E-state index < -0.39 is 0 Å². The fourth-order valence-electron chi connectivity index (χ4n) is 3.26. The molecule has 1 aromatic heterocycles. The Balaban J connectivity index is 1.72. The van der Waals surface area contributed by atoms with Gasteiger partial charge in [-0.05, 0) is 36.3 Å². The summed E-state index contributed by atoms with van der Waals surface area (Å²) in [6.45, 7) is 7.79. The van der Waals surface area contributed by atoms with Crippen LogP contribution in [0.3, 0.4) is 0 Å². The number of carbonyl (C=O) groups is 1. The van der Waals surface area contributed by atoms with Gasteiger partial charge in [-0.3, -0.25) is 20.0 Å². The number of para-hydroxylation sites is 1. The Morgan fingerprint density at radius 1 is 1.10 bits per heavy atom. The Hall–Kier alpha value is -3.32. The third-order valence-corrected chi connectivity index (χ3v) is 5.23. The predicted molar refractivity (Wildman–Crippen MR) is 120 cm³/mol. The SMILES string of the molecule is CCN(CC)Cc1ccc(COc2cccc3cc(C(=O)N(C)C(=N)N)[nH]c23)cc1. The molecule has 2 aromatic carbocycles. The lowest BCUT2D eigenvalue weighted by Gasteiger charge is -2.18. The van der Waals surface area contributed by atoms with Crippen molar-refractivity contribution in [3.63, 3.8) is 0 Å². The summed E-state index contributed by atoms with van der Waals surface area (Å²) in [5, 5.41) is 8.30. The molecule has 7 heteroatoms. The van der Waals surface area contributed by atoms with Crippen LogP contribution in [0.5, 0.6) is 5.75 Å². The molecular formula is C23H29N5O2. The van der Waals surface area contributed by atoms with Crippen LogP contribution in [-0.4, -0.2) is 46.8 Å². The molecule has 7 nitrogen and oxygen atoms in total. The van der Waals surface area contributed by atoms with Crippen LogP contribution in [0.15, 0.2) is 48.5 Å². The summed E-state index contributed by atoms with van der Waals surface area (Å²) < 4.78 is 6.04. The highest BCUT2D eigenvalue weighted by atomic mass is 16.5. The minimum atomic E-state index is -0.367. The van der Waals surface area contributed by atoms with Crippen molar-refractivity contribution in [3.8, 4) is 5.75 Å². The van der Waals surface area contributed by atoms with Crippen molar-refractivity contribution in [1.82, 2.24) is 14.8 Å². The van der Waals surface area contributed by atoms with Crippen LogP contribution < -0.4 is 10.5 Å². The summed E-state index contributed by atoms with van der Waals surface area (Å²) in [5.41, 5.74) is 8.88. The molecule has 0 aliphatic rings. The molecule has 0 aliphatic carbocycles.